The van der Waals surface area contributed by atoms with E-state index in [2.05, 4.69) is 26.3 Å². The fraction of sp³-hybridized carbons (Fsp3) is 0.0588. The monoisotopic (exact) mass is 667 g/mol. The van der Waals surface area contributed by atoms with Crippen LogP contribution in [0, 0.1) is 0 Å². The molecule has 0 saturated heterocycles. The van der Waals surface area contributed by atoms with Gasteiger partial charge in [-0.25, -0.2) is 0 Å². The molecular weight excluding hydrogens is 645 g/mol. The van der Waals surface area contributed by atoms with Crippen molar-refractivity contribution in [3.05, 3.63) is 118 Å². The zero-order valence-corrected chi connectivity index (χ0v) is 26.2. The SMILES string of the molecule is O=C(Cc1cc(-c2ccc(Cl)cc2)on1)Nc1ccc2c(c1)Sc1cc(NC(=O)Cc3cc(-c4ccc(Cl)cc4)on3)ccc1N2. The van der Waals surface area contributed by atoms with Crippen LogP contribution in [0.15, 0.2) is 116 Å². The number of aromatic nitrogens is 2. The molecule has 3 heterocycles. The summed E-state index contributed by atoms with van der Waals surface area (Å²) < 4.78 is 10.8. The Morgan fingerprint density at radius 3 is 1.50 bits per heavy atom. The molecule has 0 bridgehead atoms. The zero-order chi connectivity index (χ0) is 31.6. The minimum atomic E-state index is -0.220. The van der Waals surface area contributed by atoms with E-state index in [0.29, 0.717) is 44.3 Å². The molecule has 1 aliphatic rings. The highest BCUT2D eigenvalue weighted by Gasteiger charge is 2.19. The van der Waals surface area contributed by atoms with Gasteiger partial charge in [-0.05, 0) is 84.9 Å². The second kappa shape index (κ2) is 12.8. The molecule has 0 radical (unpaired) electrons. The van der Waals surface area contributed by atoms with Gasteiger partial charge in [-0.2, -0.15) is 0 Å². The number of nitrogens with zero attached hydrogens (tertiary/aromatic N) is 2. The number of rotatable bonds is 8. The van der Waals surface area contributed by atoms with Crippen LogP contribution in [0.1, 0.15) is 11.4 Å². The van der Waals surface area contributed by atoms with Crippen LogP contribution in [0.4, 0.5) is 22.7 Å². The van der Waals surface area contributed by atoms with Gasteiger partial charge in [0.2, 0.25) is 11.8 Å². The lowest BCUT2D eigenvalue weighted by molar-refractivity contribution is -0.116. The van der Waals surface area contributed by atoms with Gasteiger partial charge in [0.15, 0.2) is 11.5 Å². The molecule has 0 spiro atoms. The van der Waals surface area contributed by atoms with Gasteiger partial charge in [-0.15, -0.1) is 0 Å². The topological polar surface area (TPSA) is 122 Å². The number of anilines is 4. The number of hydrogen-bond acceptors (Lipinski definition) is 8. The van der Waals surface area contributed by atoms with Gasteiger partial charge >= 0.3 is 0 Å². The summed E-state index contributed by atoms with van der Waals surface area (Å²) in [5.41, 5.74) is 5.82. The van der Waals surface area contributed by atoms with E-state index >= 15 is 0 Å². The minimum Gasteiger partial charge on any atom is -0.356 e. The van der Waals surface area contributed by atoms with Crippen LogP contribution >= 0.6 is 35.0 Å². The molecule has 3 N–H and O–H groups in total. The van der Waals surface area contributed by atoms with E-state index in [9.17, 15) is 9.59 Å². The van der Waals surface area contributed by atoms with Crippen molar-refractivity contribution < 1.29 is 18.6 Å². The van der Waals surface area contributed by atoms with Crippen molar-refractivity contribution in [3.8, 4) is 22.6 Å². The van der Waals surface area contributed by atoms with E-state index < -0.39 is 0 Å². The third-order valence-corrected chi connectivity index (χ3v) is 8.70. The smallest absolute Gasteiger partial charge is 0.230 e. The maximum atomic E-state index is 12.8. The van der Waals surface area contributed by atoms with Crippen molar-refractivity contribution in [1.29, 1.82) is 0 Å². The Kier molecular flexibility index (Phi) is 8.23. The first-order valence-corrected chi connectivity index (χ1v) is 15.7. The van der Waals surface area contributed by atoms with Crippen LogP contribution in [0.3, 0.4) is 0 Å². The Hall–Kier alpha value is -5.03. The van der Waals surface area contributed by atoms with Crippen molar-refractivity contribution in [2.45, 2.75) is 22.6 Å². The fourth-order valence-electron chi connectivity index (χ4n) is 4.87. The quantitative estimate of drug-likeness (QED) is 0.147. The van der Waals surface area contributed by atoms with Gasteiger partial charge in [0.05, 0.1) is 35.6 Å². The second-order valence-electron chi connectivity index (χ2n) is 10.5. The third-order valence-electron chi connectivity index (χ3n) is 7.08. The number of benzene rings is 4. The molecular formula is C34H23Cl2N5O4S. The summed E-state index contributed by atoms with van der Waals surface area (Å²) in [7, 11) is 0. The first kappa shape index (κ1) is 29.7. The molecule has 0 fully saturated rings. The van der Waals surface area contributed by atoms with E-state index in [1.54, 1.807) is 36.4 Å². The van der Waals surface area contributed by atoms with Crippen molar-refractivity contribution in [1.82, 2.24) is 10.3 Å². The minimum absolute atomic E-state index is 0.0578. The van der Waals surface area contributed by atoms with E-state index in [1.807, 2.05) is 60.7 Å². The summed E-state index contributed by atoms with van der Waals surface area (Å²) in [6.07, 6.45) is 0.116. The molecule has 2 amide bonds. The number of amides is 2. The van der Waals surface area contributed by atoms with Crippen molar-refractivity contribution in [3.63, 3.8) is 0 Å². The lowest BCUT2D eigenvalue weighted by Gasteiger charge is -2.22. The number of fused-ring (bicyclic) bond motifs is 2. The standard InChI is InChI=1S/C34H23Cl2N5O4S/c35-21-5-1-19(2-6-21)29-13-25(40-44-29)17-33(42)37-23-9-11-27-31(15-23)46-32-16-24(10-12-28(32)39-27)38-34(43)18-26-14-30(45-41-26)20-3-7-22(36)8-4-20/h1-16,39H,17-18H2,(H,37,42)(H,38,43). The van der Waals surface area contributed by atoms with Crippen LogP contribution in [-0.2, 0) is 22.4 Å². The summed E-state index contributed by atoms with van der Waals surface area (Å²) >= 11 is 13.5. The van der Waals surface area contributed by atoms with Crippen LogP contribution in [0.2, 0.25) is 10.0 Å². The van der Waals surface area contributed by atoms with Crippen molar-refractivity contribution in [2.75, 3.05) is 16.0 Å². The third kappa shape index (κ3) is 6.79. The Morgan fingerprint density at radius 1 is 0.630 bits per heavy atom. The predicted octanol–water partition coefficient (Wildman–Crippen LogP) is 8.87. The fourth-order valence-corrected chi connectivity index (χ4v) is 6.19. The number of carbonyl (C=O) groups is 2. The van der Waals surface area contributed by atoms with Crippen LogP contribution < -0.4 is 16.0 Å². The summed E-state index contributed by atoms with van der Waals surface area (Å²) in [4.78, 5) is 27.5. The normalized spacial score (nSPS) is 11.7. The lowest BCUT2D eigenvalue weighted by atomic mass is 10.1. The largest absolute Gasteiger partial charge is 0.356 e. The maximum absolute atomic E-state index is 12.8. The Balaban J connectivity index is 0.965. The molecule has 2 aromatic heterocycles. The molecule has 4 aromatic carbocycles. The summed E-state index contributed by atoms with van der Waals surface area (Å²) in [6, 6.07) is 29.2. The molecule has 228 valence electrons. The zero-order valence-electron chi connectivity index (χ0n) is 23.8. The van der Waals surface area contributed by atoms with Crippen LogP contribution in [0.25, 0.3) is 22.6 Å². The average Bonchev–Trinajstić information content (AvgIpc) is 3.70. The number of hydrogen-bond donors (Lipinski definition) is 3. The highest BCUT2D eigenvalue weighted by atomic mass is 35.5. The van der Waals surface area contributed by atoms with E-state index in [0.717, 1.165) is 32.3 Å². The molecule has 9 nitrogen and oxygen atoms in total. The van der Waals surface area contributed by atoms with Gasteiger partial charge in [0.25, 0.3) is 0 Å². The highest BCUT2D eigenvalue weighted by molar-refractivity contribution is 7.99. The van der Waals surface area contributed by atoms with E-state index in [-0.39, 0.29) is 24.7 Å². The molecule has 12 heteroatoms. The first-order valence-electron chi connectivity index (χ1n) is 14.1. The van der Waals surface area contributed by atoms with Gasteiger partial charge < -0.3 is 25.0 Å². The molecule has 7 rings (SSSR count). The summed E-state index contributed by atoms with van der Waals surface area (Å²) in [5.74, 6) is 0.683. The van der Waals surface area contributed by atoms with Gasteiger partial charge in [-0.1, -0.05) is 45.3 Å². The second-order valence-corrected chi connectivity index (χ2v) is 12.4. The molecule has 1 aliphatic heterocycles. The molecule has 0 aliphatic carbocycles. The van der Waals surface area contributed by atoms with E-state index in [1.165, 1.54) is 11.8 Å². The van der Waals surface area contributed by atoms with Crippen LogP contribution in [-0.4, -0.2) is 22.1 Å². The Morgan fingerprint density at radius 2 is 1.07 bits per heavy atom. The highest BCUT2D eigenvalue weighted by Crippen LogP contribution is 2.46. The summed E-state index contributed by atoms with van der Waals surface area (Å²) in [6.45, 7) is 0. The average molecular weight is 669 g/mol. The Labute approximate surface area is 277 Å². The van der Waals surface area contributed by atoms with Gasteiger partial charge in [0.1, 0.15) is 0 Å². The first-order chi connectivity index (χ1) is 22.3. The maximum Gasteiger partial charge on any atom is 0.230 e. The van der Waals surface area contributed by atoms with Gasteiger partial charge in [0, 0.05) is 54.5 Å². The molecule has 0 unspecified atom stereocenters. The van der Waals surface area contributed by atoms with Gasteiger partial charge in [-0.3, -0.25) is 9.59 Å². The van der Waals surface area contributed by atoms with E-state index in [4.69, 9.17) is 32.2 Å². The number of nitrogens with one attached hydrogen (secondary N) is 3. The number of carbonyl (C=O) groups excluding carboxylic acids is 2. The predicted molar refractivity (Wildman–Crippen MR) is 179 cm³/mol. The molecule has 6 aromatic rings. The molecule has 0 saturated carbocycles. The summed E-state index contributed by atoms with van der Waals surface area (Å²) in [5, 5.41) is 18.6. The molecule has 46 heavy (non-hydrogen) atoms. The lowest BCUT2D eigenvalue weighted by Crippen LogP contribution is -2.15. The van der Waals surface area contributed by atoms with Crippen molar-refractivity contribution in [2.24, 2.45) is 0 Å². The van der Waals surface area contributed by atoms with Crippen molar-refractivity contribution >= 4 is 69.5 Å². The Bertz CT molecular complexity index is 1930. The molecule has 0 atom stereocenters. The number of halogens is 2. The van der Waals surface area contributed by atoms with Crippen LogP contribution in [0.5, 0.6) is 0 Å².